The van der Waals surface area contributed by atoms with Crippen molar-refractivity contribution < 1.29 is 4.79 Å². The smallest absolute Gasteiger partial charge is 0.236 e. The molecule has 0 atom stereocenters. The van der Waals surface area contributed by atoms with E-state index in [0.717, 1.165) is 44.8 Å². The first-order valence-corrected chi connectivity index (χ1v) is 7.68. The van der Waals surface area contributed by atoms with Gasteiger partial charge in [-0.05, 0) is 45.2 Å². The van der Waals surface area contributed by atoms with Gasteiger partial charge in [0, 0.05) is 19.0 Å². The Morgan fingerprint density at radius 1 is 1.20 bits per heavy atom. The van der Waals surface area contributed by atoms with Gasteiger partial charge in [-0.2, -0.15) is 5.10 Å². The topological polar surface area (TPSA) is 65.1 Å². The number of nitrogens with one attached hydrogen (secondary N) is 1. The van der Waals surface area contributed by atoms with Gasteiger partial charge in [-0.25, -0.2) is 4.98 Å². The van der Waals surface area contributed by atoms with E-state index in [-0.39, 0.29) is 0 Å². The number of piperidine rings is 2. The molecule has 6 heteroatoms. The molecule has 0 bridgehead atoms. The normalized spacial score (nSPS) is 22.1. The van der Waals surface area contributed by atoms with Crippen LogP contribution in [0.4, 0.5) is 0 Å². The van der Waals surface area contributed by atoms with Crippen LogP contribution in [-0.2, 0) is 4.79 Å². The average molecular weight is 277 g/mol. The number of carbonyl (C=O) groups excluding carboxylic acids is 1. The van der Waals surface area contributed by atoms with Gasteiger partial charge in [0.1, 0.15) is 12.2 Å². The Kier molecular flexibility index (Phi) is 4.30. The van der Waals surface area contributed by atoms with Crippen LogP contribution in [0.5, 0.6) is 0 Å². The second-order valence-electron chi connectivity index (χ2n) is 5.86. The lowest BCUT2D eigenvalue weighted by molar-refractivity contribution is -0.133. The SMILES string of the molecule is O=C(CN1CCC(c2ncn[nH]2)CC1)N1CCCCC1. The van der Waals surface area contributed by atoms with Crippen LogP contribution in [0.2, 0.25) is 0 Å². The van der Waals surface area contributed by atoms with Crippen LogP contribution in [0.15, 0.2) is 6.33 Å². The molecule has 3 rings (SSSR count). The molecule has 2 fully saturated rings. The highest BCUT2D eigenvalue weighted by molar-refractivity contribution is 5.78. The third-order valence-electron chi connectivity index (χ3n) is 4.48. The van der Waals surface area contributed by atoms with E-state index in [9.17, 15) is 4.79 Å². The Morgan fingerprint density at radius 2 is 1.95 bits per heavy atom. The van der Waals surface area contributed by atoms with Crippen molar-refractivity contribution in [1.82, 2.24) is 25.0 Å². The largest absolute Gasteiger partial charge is 0.342 e. The van der Waals surface area contributed by atoms with Crippen molar-refractivity contribution in [2.24, 2.45) is 0 Å². The van der Waals surface area contributed by atoms with E-state index in [1.165, 1.54) is 19.3 Å². The maximum Gasteiger partial charge on any atom is 0.236 e. The molecule has 1 aromatic heterocycles. The summed E-state index contributed by atoms with van der Waals surface area (Å²) in [6, 6.07) is 0. The van der Waals surface area contributed by atoms with Crippen molar-refractivity contribution in [2.45, 2.75) is 38.0 Å². The van der Waals surface area contributed by atoms with Crippen molar-refractivity contribution in [1.29, 1.82) is 0 Å². The zero-order valence-electron chi connectivity index (χ0n) is 11.9. The Morgan fingerprint density at radius 3 is 2.60 bits per heavy atom. The molecule has 0 saturated carbocycles. The van der Waals surface area contributed by atoms with Crippen LogP contribution in [0.1, 0.15) is 43.8 Å². The summed E-state index contributed by atoms with van der Waals surface area (Å²) in [6.07, 6.45) is 7.29. The Labute approximate surface area is 119 Å². The van der Waals surface area contributed by atoms with Crippen molar-refractivity contribution in [3.8, 4) is 0 Å². The molecule has 2 aliphatic heterocycles. The summed E-state index contributed by atoms with van der Waals surface area (Å²) in [5, 5.41) is 6.87. The molecule has 1 aromatic rings. The molecular formula is C14H23N5O. The third kappa shape index (κ3) is 3.17. The van der Waals surface area contributed by atoms with Crippen LogP contribution in [0.25, 0.3) is 0 Å². The van der Waals surface area contributed by atoms with E-state index in [2.05, 4.69) is 20.1 Å². The number of aromatic nitrogens is 3. The predicted octanol–water partition coefficient (Wildman–Crippen LogP) is 0.997. The minimum Gasteiger partial charge on any atom is -0.342 e. The second-order valence-corrected chi connectivity index (χ2v) is 5.86. The van der Waals surface area contributed by atoms with Crippen molar-refractivity contribution >= 4 is 5.91 Å². The van der Waals surface area contributed by atoms with Gasteiger partial charge >= 0.3 is 0 Å². The number of aromatic amines is 1. The van der Waals surface area contributed by atoms with Gasteiger partial charge in [-0.1, -0.05) is 0 Å². The second kappa shape index (κ2) is 6.35. The quantitative estimate of drug-likeness (QED) is 0.895. The van der Waals surface area contributed by atoms with E-state index in [1.54, 1.807) is 6.33 Å². The summed E-state index contributed by atoms with van der Waals surface area (Å²) in [5.41, 5.74) is 0. The summed E-state index contributed by atoms with van der Waals surface area (Å²) in [6.45, 7) is 4.44. The molecule has 6 nitrogen and oxygen atoms in total. The molecule has 1 N–H and O–H groups in total. The molecule has 0 aromatic carbocycles. The molecule has 0 radical (unpaired) electrons. The maximum atomic E-state index is 12.2. The lowest BCUT2D eigenvalue weighted by Gasteiger charge is -2.33. The van der Waals surface area contributed by atoms with E-state index in [1.807, 2.05) is 4.90 Å². The Hall–Kier alpha value is -1.43. The maximum absolute atomic E-state index is 12.2. The van der Waals surface area contributed by atoms with Gasteiger partial charge in [0.2, 0.25) is 5.91 Å². The highest BCUT2D eigenvalue weighted by atomic mass is 16.2. The molecule has 2 saturated heterocycles. The first-order chi connectivity index (χ1) is 9.83. The molecule has 1 amide bonds. The van der Waals surface area contributed by atoms with Gasteiger partial charge in [0.15, 0.2) is 0 Å². The Bertz CT molecular complexity index is 419. The van der Waals surface area contributed by atoms with Gasteiger partial charge in [-0.3, -0.25) is 14.8 Å². The minimum atomic E-state index is 0.308. The fraction of sp³-hybridized carbons (Fsp3) is 0.786. The number of nitrogens with zero attached hydrogens (tertiary/aromatic N) is 4. The summed E-state index contributed by atoms with van der Waals surface area (Å²) >= 11 is 0. The highest BCUT2D eigenvalue weighted by Gasteiger charge is 2.25. The summed E-state index contributed by atoms with van der Waals surface area (Å²) in [5.74, 6) is 1.77. The summed E-state index contributed by atoms with van der Waals surface area (Å²) < 4.78 is 0. The van der Waals surface area contributed by atoms with Crippen LogP contribution in [-0.4, -0.2) is 63.6 Å². The molecular weight excluding hydrogens is 254 g/mol. The van der Waals surface area contributed by atoms with E-state index in [4.69, 9.17) is 0 Å². The van der Waals surface area contributed by atoms with E-state index < -0.39 is 0 Å². The number of amides is 1. The van der Waals surface area contributed by atoms with Gasteiger partial charge in [-0.15, -0.1) is 0 Å². The number of carbonyl (C=O) groups is 1. The molecule has 110 valence electrons. The highest BCUT2D eigenvalue weighted by Crippen LogP contribution is 2.24. The number of H-pyrrole nitrogens is 1. The van der Waals surface area contributed by atoms with Gasteiger partial charge < -0.3 is 4.90 Å². The van der Waals surface area contributed by atoms with Crippen molar-refractivity contribution in [2.75, 3.05) is 32.7 Å². The first kappa shape index (κ1) is 13.5. The zero-order chi connectivity index (χ0) is 13.8. The minimum absolute atomic E-state index is 0.308. The predicted molar refractivity (Wildman–Crippen MR) is 75.2 cm³/mol. The van der Waals surface area contributed by atoms with Gasteiger partial charge in [0.25, 0.3) is 0 Å². The molecule has 20 heavy (non-hydrogen) atoms. The monoisotopic (exact) mass is 277 g/mol. The molecule has 0 aliphatic carbocycles. The fourth-order valence-electron chi connectivity index (χ4n) is 3.21. The fourth-order valence-corrected chi connectivity index (χ4v) is 3.21. The van der Waals surface area contributed by atoms with Crippen LogP contribution in [0.3, 0.4) is 0 Å². The standard InChI is InChI=1S/C14H23N5O/c20-13(19-6-2-1-3-7-19)10-18-8-4-12(5-9-18)14-15-11-16-17-14/h11-12H,1-10H2,(H,15,16,17). The van der Waals surface area contributed by atoms with Crippen LogP contribution in [0, 0.1) is 0 Å². The third-order valence-corrected chi connectivity index (χ3v) is 4.48. The summed E-state index contributed by atoms with van der Waals surface area (Å²) in [7, 11) is 0. The lowest BCUT2D eigenvalue weighted by atomic mass is 9.96. The van der Waals surface area contributed by atoms with Gasteiger partial charge in [0.05, 0.1) is 6.54 Å². The number of rotatable bonds is 3. The molecule has 3 heterocycles. The van der Waals surface area contributed by atoms with Crippen molar-refractivity contribution in [3.05, 3.63) is 12.2 Å². The van der Waals surface area contributed by atoms with E-state index in [0.29, 0.717) is 18.4 Å². The zero-order valence-corrected chi connectivity index (χ0v) is 11.9. The number of hydrogen-bond donors (Lipinski definition) is 1. The van der Waals surface area contributed by atoms with Crippen molar-refractivity contribution in [3.63, 3.8) is 0 Å². The van der Waals surface area contributed by atoms with E-state index >= 15 is 0 Å². The van der Waals surface area contributed by atoms with Crippen LogP contribution >= 0.6 is 0 Å². The number of likely N-dealkylation sites (tertiary alicyclic amines) is 2. The molecule has 2 aliphatic rings. The average Bonchev–Trinajstić information content (AvgIpc) is 3.03. The lowest BCUT2D eigenvalue weighted by Crippen LogP contribution is -2.44. The number of hydrogen-bond acceptors (Lipinski definition) is 4. The van der Waals surface area contributed by atoms with Crippen LogP contribution < -0.4 is 0 Å². The molecule has 0 spiro atoms. The first-order valence-electron chi connectivity index (χ1n) is 7.68. The Balaban J connectivity index is 1.45. The summed E-state index contributed by atoms with van der Waals surface area (Å²) in [4.78, 5) is 20.8. The molecule has 0 unspecified atom stereocenters.